The van der Waals surface area contributed by atoms with Crippen LogP contribution in [0.2, 0.25) is 0 Å². The molecule has 1 aliphatic rings. The molecule has 2 aromatic rings. The first-order valence-corrected chi connectivity index (χ1v) is 8.50. The summed E-state index contributed by atoms with van der Waals surface area (Å²) < 4.78 is 23.7. The van der Waals surface area contributed by atoms with Crippen molar-refractivity contribution in [2.45, 2.75) is 18.4 Å². The average molecular weight is 302 g/mol. The predicted molar refractivity (Wildman–Crippen MR) is 84.2 cm³/mol. The van der Waals surface area contributed by atoms with Crippen LogP contribution < -0.4 is 9.47 Å². The van der Waals surface area contributed by atoms with E-state index in [4.69, 9.17) is 9.47 Å². The highest BCUT2D eigenvalue weighted by atomic mass is 32.2. The quantitative estimate of drug-likeness (QED) is 0.870. The van der Waals surface area contributed by atoms with Crippen molar-refractivity contribution in [1.29, 1.82) is 0 Å². The van der Waals surface area contributed by atoms with Crippen LogP contribution in [0, 0.1) is 6.92 Å². The molecule has 0 unspecified atom stereocenters. The molecule has 0 saturated carbocycles. The zero-order valence-electron chi connectivity index (χ0n) is 12.0. The van der Waals surface area contributed by atoms with E-state index >= 15 is 0 Å². The van der Waals surface area contributed by atoms with Gasteiger partial charge in [0.2, 0.25) is 0 Å². The molecule has 1 atom stereocenters. The third-order valence-electron chi connectivity index (χ3n) is 3.54. The molecule has 0 aromatic heterocycles. The Morgan fingerprint density at radius 3 is 2.52 bits per heavy atom. The van der Waals surface area contributed by atoms with Gasteiger partial charge in [0.1, 0.15) is 13.2 Å². The second-order valence-electron chi connectivity index (χ2n) is 5.10. The fourth-order valence-corrected chi connectivity index (χ4v) is 3.76. The van der Waals surface area contributed by atoms with Crippen LogP contribution in [0.25, 0.3) is 0 Å². The number of ether oxygens (including phenoxy) is 2. The molecule has 0 aliphatic carbocycles. The summed E-state index contributed by atoms with van der Waals surface area (Å²) in [4.78, 5) is 0. The Hall–Kier alpha value is -1.81. The smallest absolute Gasteiger partial charge is 0.165 e. The first-order valence-electron chi connectivity index (χ1n) is 7.01. The lowest BCUT2D eigenvalue weighted by Gasteiger charge is -2.20. The summed E-state index contributed by atoms with van der Waals surface area (Å²) in [7, 11) is -0.966. The Bertz CT molecular complexity index is 667. The van der Waals surface area contributed by atoms with E-state index in [0.29, 0.717) is 24.7 Å². The van der Waals surface area contributed by atoms with Crippen LogP contribution in [0.5, 0.6) is 11.5 Å². The fraction of sp³-hybridized carbons (Fsp3) is 0.294. The van der Waals surface area contributed by atoms with Gasteiger partial charge in [0.05, 0.1) is 5.75 Å². The number of hydrogen-bond acceptors (Lipinski definition) is 3. The van der Waals surface area contributed by atoms with Crippen molar-refractivity contribution >= 4 is 10.8 Å². The van der Waals surface area contributed by atoms with Crippen molar-refractivity contribution < 1.29 is 13.7 Å². The maximum Gasteiger partial charge on any atom is 0.165 e. The molecule has 2 aromatic carbocycles. The Kier molecular flexibility index (Phi) is 4.25. The van der Waals surface area contributed by atoms with Crippen LogP contribution in [0.4, 0.5) is 0 Å². The molecule has 1 heterocycles. The Balaban J connectivity index is 1.75. The van der Waals surface area contributed by atoms with E-state index in [0.717, 1.165) is 22.6 Å². The van der Waals surface area contributed by atoms with Gasteiger partial charge in [0, 0.05) is 22.1 Å². The molecule has 3 rings (SSSR count). The monoisotopic (exact) mass is 302 g/mol. The van der Waals surface area contributed by atoms with Gasteiger partial charge in [0.15, 0.2) is 11.5 Å². The highest BCUT2D eigenvalue weighted by molar-refractivity contribution is 7.83. The summed E-state index contributed by atoms with van der Waals surface area (Å²) in [5, 5.41) is 0. The Morgan fingerprint density at radius 1 is 0.952 bits per heavy atom. The summed E-state index contributed by atoms with van der Waals surface area (Å²) in [6.45, 7) is 3.17. The van der Waals surface area contributed by atoms with Gasteiger partial charge in [-0.25, -0.2) is 0 Å². The summed E-state index contributed by atoms with van der Waals surface area (Å²) >= 11 is 0. The predicted octanol–water partition coefficient (Wildman–Crippen LogP) is 3.22. The molecule has 21 heavy (non-hydrogen) atoms. The van der Waals surface area contributed by atoms with E-state index in [1.807, 2.05) is 49.4 Å². The van der Waals surface area contributed by atoms with Gasteiger partial charge in [-0.3, -0.25) is 4.21 Å². The van der Waals surface area contributed by atoms with Gasteiger partial charge in [-0.05, 0) is 24.1 Å². The molecule has 0 spiro atoms. The largest absolute Gasteiger partial charge is 0.486 e. The normalized spacial score (nSPS) is 14.7. The standard InChI is InChI=1S/C17H18O3S/c1-13-5-2-3-6-14(13)11-21(18)12-15-7-4-8-16-17(15)20-10-9-19-16/h2-8H,9-12H2,1H3/t21-/m1/s1. The van der Waals surface area contributed by atoms with Gasteiger partial charge in [-0.15, -0.1) is 0 Å². The number of aryl methyl sites for hydroxylation is 1. The lowest BCUT2D eigenvalue weighted by Crippen LogP contribution is -2.17. The molecular weight excluding hydrogens is 284 g/mol. The second-order valence-corrected chi connectivity index (χ2v) is 6.55. The molecule has 0 radical (unpaired) electrons. The van der Waals surface area contributed by atoms with Gasteiger partial charge in [-0.2, -0.15) is 0 Å². The van der Waals surface area contributed by atoms with E-state index in [9.17, 15) is 4.21 Å². The van der Waals surface area contributed by atoms with Gasteiger partial charge < -0.3 is 9.47 Å². The second kappa shape index (κ2) is 6.31. The molecule has 0 N–H and O–H groups in total. The van der Waals surface area contributed by atoms with Crippen LogP contribution in [0.1, 0.15) is 16.7 Å². The Morgan fingerprint density at radius 2 is 1.67 bits per heavy atom. The van der Waals surface area contributed by atoms with Crippen LogP contribution >= 0.6 is 0 Å². The third kappa shape index (κ3) is 3.27. The molecule has 0 fully saturated rings. The van der Waals surface area contributed by atoms with Crippen molar-refractivity contribution in [1.82, 2.24) is 0 Å². The topological polar surface area (TPSA) is 35.5 Å². The van der Waals surface area contributed by atoms with Crippen LogP contribution in [0.3, 0.4) is 0 Å². The van der Waals surface area contributed by atoms with Crippen molar-refractivity contribution in [3.8, 4) is 11.5 Å². The molecule has 110 valence electrons. The van der Waals surface area contributed by atoms with Crippen LogP contribution in [0.15, 0.2) is 42.5 Å². The maximum absolute atomic E-state index is 12.4. The number of fused-ring (bicyclic) bond motifs is 1. The van der Waals surface area contributed by atoms with E-state index in [1.165, 1.54) is 5.56 Å². The van der Waals surface area contributed by atoms with Crippen molar-refractivity contribution in [3.63, 3.8) is 0 Å². The van der Waals surface area contributed by atoms with Crippen molar-refractivity contribution in [2.24, 2.45) is 0 Å². The number of rotatable bonds is 4. The highest BCUT2D eigenvalue weighted by Gasteiger charge is 2.17. The van der Waals surface area contributed by atoms with E-state index < -0.39 is 10.8 Å². The van der Waals surface area contributed by atoms with E-state index in [2.05, 4.69) is 0 Å². The van der Waals surface area contributed by atoms with Crippen molar-refractivity contribution in [3.05, 3.63) is 59.2 Å². The zero-order chi connectivity index (χ0) is 14.7. The van der Waals surface area contributed by atoms with Gasteiger partial charge in [0.25, 0.3) is 0 Å². The summed E-state index contributed by atoms with van der Waals surface area (Å²) in [5.74, 6) is 2.56. The summed E-state index contributed by atoms with van der Waals surface area (Å²) in [6.07, 6.45) is 0. The molecule has 0 bridgehead atoms. The van der Waals surface area contributed by atoms with E-state index in [-0.39, 0.29) is 0 Å². The Labute approximate surface area is 127 Å². The number of benzene rings is 2. The molecular formula is C17H18O3S. The van der Waals surface area contributed by atoms with E-state index in [1.54, 1.807) is 0 Å². The van der Waals surface area contributed by atoms with Gasteiger partial charge in [-0.1, -0.05) is 36.4 Å². The fourth-order valence-electron chi connectivity index (χ4n) is 2.42. The SMILES string of the molecule is Cc1ccccc1C[S@@](=O)Cc1cccc2c1OCCO2. The third-order valence-corrected chi connectivity index (χ3v) is 4.81. The molecule has 4 heteroatoms. The maximum atomic E-state index is 12.4. The van der Waals surface area contributed by atoms with Gasteiger partial charge >= 0.3 is 0 Å². The molecule has 0 amide bonds. The summed E-state index contributed by atoms with van der Waals surface area (Å²) in [6, 6.07) is 13.8. The van der Waals surface area contributed by atoms with Crippen LogP contribution in [-0.2, 0) is 22.3 Å². The lowest BCUT2D eigenvalue weighted by atomic mass is 10.1. The minimum Gasteiger partial charge on any atom is -0.486 e. The lowest BCUT2D eigenvalue weighted by molar-refractivity contribution is 0.170. The first-order chi connectivity index (χ1) is 10.2. The first kappa shape index (κ1) is 14.1. The summed E-state index contributed by atoms with van der Waals surface area (Å²) in [5.41, 5.74) is 3.28. The van der Waals surface area contributed by atoms with Crippen molar-refractivity contribution in [2.75, 3.05) is 13.2 Å². The highest BCUT2D eigenvalue weighted by Crippen LogP contribution is 2.34. The minimum atomic E-state index is -0.966. The average Bonchev–Trinajstić information content (AvgIpc) is 2.50. The number of hydrogen-bond donors (Lipinski definition) is 0. The number of para-hydroxylation sites is 1. The zero-order valence-corrected chi connectivity index (χ0v) is 12.8. The molecule has 1 aliphatic heterocycles. The minimum absolute atomic E-state index is 0.487. The molecule has 0 saturated heterocycles. The van der Waals surface area contributed by atoms with Crippen LogP contribution in [-0.4, -0.2) is 17.4 Å². The molecule has 3 nitrogen and oxygen atoms in total.